The van der Waals surface area contributed by atoms with Gasteiger partial charge in [-0.3, -0.25) is 9.78 Å². The number of benzene rings is 1. The average Bonchev–Trinajstić information content (AvgIpc) is 3.49. The van der Waals surface area contributed by atoms with Gasteiger partial charge in [-0.05, 0) is 25.1 Å². The molecule has 1 amide bonds. The third kappa shape index (κ3) is 3.50. The number of fused-ring (bicyclic) bond motifs is 1. The Hall–Kier alpha value is -3.08. The summed E-state index contributed by atoms with van der Waals surface area (Å²) in [6.07, 6.45) is 4.82. The van der Waals surface area contributed by atoms with E-state index in [2.05, 4.69) is 15.0 Å². The molecular formula is C22H21N5O3S2. The molecule has 10 heteroatoms. The van der Waals surface area contributed by atoms with Crippen molar-refractivity contribution in [3.8, 4) is 10.7 Å². The van der Waals surface area contributed by atoms with Crippen LogP contribution in [0.4, 0.5) is 0 Å². The molecule has 1 aromatic carbocycles. The van der Waals surface area contributed by atoms with Crippen LogP contribution in [0.1, 0.15) is 17.3 Å². The highest BCUT2D eigenvalue weighted by Crippen LogP contribution is 2.33. The van der Waals surface area contributed by atoms with Gasteiger partial charge in [-0.2, -0.15) is 4.31 Å². The van der Waals surface area contributed by atoms with Crippen LogP contribution in [0.3, 0.4) is 0 Å². The summed E-state index contributed by atoms with van der Waals surface area (Å²) < 4.78 is 28.7. The number of piperazine rings is 1. The Morgan fingerprint density at radius 3 is 2.66 bits per heavy atom. The van der Waals surface area contributed by atoms with Crippen LogP contribution < -0.4 is 0 Å². The van der Waals surface area contributed by atoms with Crippen LogP contribution in [0.15, 0.2) is 65.3 Å². The quantitative estimate of drug-likeness (QED) is 0.497. The fourth-order valence-corrected chi connectivity index (χ4v) is 6.53. The van der Waals surface area contributed by atoms with E-state index < -0.39 is 10.0 Å². The zero-order valence-electron chi connectivity index (χ0n) is 17.3. The Balaban J connectivity index is 1.43. The van der Waals surface area contributed by atoms with Crippen LogP contribution in [0.25, 0.3) is 21.6 Å². The molecule has 1 N–H and O–H groups in total. The lowest BCUT2D eigenvalue weighted by Crippen LogP contribution is -2.55. The van der Waals surface area contributed by atoms with Crippen LogP contribution >= 0.6 is 11.3 Å². The second kappa shape index (κ2) is 8.12. The molecule has 1 saturated heterocycles. The zero-order valence-corrected chi connectivity index (χ0v) is 18.9. The fraction of sp³-hybridized carbons (Fsp3) is 0.227. The van der Waals surface area contributed by atoms with Gasteiger partial charge in [0.2, 0.25) is 10.0 Å². The number of amides is 1. The number of aromatic nitrogens is 3. The highest BCUT2D eigenvalue weighted by atomic mass is 32.2. The summed E-state index contributed by atoms with van der Waals surface area (Å²) in [5.74, 6) is -0.0826. The lowest BCUT2D eigenvalue weighted by Gasteiger charge is -2.38. The van der Waals surface area contributed by atoms with E-state index in [1.54, 1.807) is 35.5 Å². The van der Waals surface area contributed by atoms with Gasteiger partial charge in [-0.1, -0.05) is 18.2 Å². The maximum Gasteiger partial charge on any atom is 0.253 e. The first-order valence-electron chi connectivity index (χ1n) is 10.2. The number of carbonyl (C=O) groups is 1. The van der Waals surface area contributed by atoms with Crippen molar-refractivity contribution in [3.05, 3.63) is 65.9 Å². The first-order valence-corrected chi connectivity index (χ1v) is 12.5. The predicted octanol–water partition coefficient (Wildman–Crippen LogP) is 3.22. The Morgan fingerprint density at radius 2 is 1.94 bits per heavy atom. The van der Waals surface area contributed by atoms with Crippen molar-refractivity contribution in [1.29, 1.82) is 0 Å². The fourth-order valence-electron chi connectivity index (χ4n) is 4.12. The van der Waals surface area contributed by atoms with Gasteiger partial charge in [0.05, 0.1) is 5.52 Å². The van der Waals surface area contributed by atoms with E-state index in [-0.39, 0.29) is 23.4 Å². The zero-order chi connectivity index (χ0) is 22.3. The van der Waals surface area contributed by atoms with Crippen molar-refractivity contribution in [2.75, 3.05) is 19.6 Å². The smallest absolute Gasteiger partial charge is 0.253 e. The number of hydrogen-bond donors (Lipinski definition) is 1. The minimum absolute atomic E-state index is 0.0826. The third-order valence-electron chi connectivity index (χ3n) is 5.66. The van der Waals surface area contributed by atoms with Gasteiger partial charge in [0.25, 0.3) is 5.91 Å². The van der Waals surface area contributed by atoms with Gasteiger partial charge in [0, 0.05) is 60.6 Å². The molecule has 1 aliphatic rings. The lowest BCUT2D eigenvalue weighted by atomic mass is 10.1. The Kier molecular flexibility index (Phi) is 5.28. The monoisotopic (exact) mass is 467 g/mol. The minimum atomic E-state index is -3.77. The lowest BCUT2D eigenvalue weighted by molar-refractivity contribution is 0.0642. The number of nitrogens with one attached hydrogen (secondary N) is 1. The molecule has 4 heterocycles. The average molecular weight is 468 g/mol. The molecule has 0 spiro atoms. The van der Waals surface area contributed by atoms with Crippen molar-refractivity contribution in [2.45, 2.75) is 17.9 Å². The maximum atomic E-state index is 13.6. The van der Waals surface area contributed by atoms with Crippen LogP contribution in [0.5, 0.6) is 0 Å². The summed E-state index contributed by atoms with van der Waals surface area (Å²) in [5, 5.41) is 3.16. The van der Waals surface area contributed by atoms with Gasteiger partial charge in [0.1, 0.15) is 15.6 Å². The third-order valence-corrected chi connectivity index (χ3v) is 8.49. The summed E-state index contributed by atoms with van der Waals surface area (Å²) >= 11 is 1.45. The number of sulfonamides is 1. The topological polar surface area (TPSA) is 99.3 Å². The molecule has 3 aromatic heterocycles. The summed E-state index contributed by atoms with van der Waals surface area (Å²) in [6, 6.07) is 10.4. The summed E-state index contributed by atoms with van der Waals surface area (Å²) in [4.78, 5) is 26.5. The molecule has 5 rings (SSSR count). The Labute approximate surface area is 189 Å². The van der Waals surface area contributed by atoms with Gasteiger partial charge >= 0.3 is 0 Å². The molecule has 0 bridgehead atoms. The molecule has 1 fully saturated rings. The number of rotatable bonds is 4. The van der Waals surface area contributed by atoms with Gasteiger partial charge in [0.15, 0.2) is 0 Å². The van der Waals surface area contributed by atoms with Crippen molar-refractivity contribution in [2.24, 2.45) is 0 Å². The van der Waals surface area contributed by atoms with E-state index in [0.717, 1.165) is 5.01 Å². The van der Waals surface area contributed by atoms with Gasteiger partial charge < -0.3 is 9.88 Å². The summed E-state index contributed by atoms with van der Waals surface area (Å²) in [6.45, 7) is 2.74. The Bertz CT molecular complexity index is 1370. The molecule has 32 heavy (non-hydrogen) atoms. The SMILES string of the molecule is CC1CN(C(=O)c2ccccc2)CCN1S(=O)(=O)c1c[nH]c2c(-c3nccs3)nccc12. The van der Waals surface area contributed by atoms with Crippen LogP contribution in [0.2, 0.25) is 0 Å². The second-order valence-corrected chi connectivity index (χ2v) is 10.4. The van der Waals surface area contributed by atoms with E-state index in [1.807, 2.05) is 30.5 Å². The molecule has 1 aliphatic heterocycles. The Morgan fingerprint density at radius 1 is 1.12 bits per heavy atom. The number of hydrogen-bond acceptors (Lipinski definition) is 6. The standard InChI is InChI=1S/C22H21N5O3S2/c1-15-14-26(22(28)16-5-3-2-4-6-16)10-11-27(15)32(29,30)18-13-25-19-17(18)7-8-23-20(19)21-24-9-12-31-21/h2-9,12-13,15,25H,10-11,14H2,1H3. The van der Waals surface area contributed by atoms with E-state index >= 15 is 0 Å². The molecule has 164 valence electrons. The summed E-state index contributed by atoms with van der Waals surface area (Å²) in [5.41, 5.74) is 1.88. The predicted molar refractivity (Wildman–Crippen MR) is 123 cm³/mol. The van der Waals surface area contributed by atoms with Gasteiger partial charge in [-0.25, -0.2) is 13.4 Å². The number of carbonyl (C=O) groups excluding carboxylic acids is 1. The number of nitrogens with zero attached hydrogens (tertiary/aromatic N) is 4. The first-order chi connectivity index (χ1) is 15.5. The van der Waals surface area contributed by atoms with Crippen molar-refractivity contribution in [1.82, 2.24) is 24.2 Å². The van der Waals surface area contributed by atoms with E-state index in [9.17, 15) is 13.2 Å². The number of H-pyrrole nitrogens is 1. The maximum absolute atomic E-state index is 13.6. The number of aromatic amines is 1. The number of pyridine rings is 1. The molecule has 1 unspecified atom stereocenters. The van der Waals surface area contributed by atoms with E-state index in [1.165, 1.54) is 21.8 Å². The second-order valence-electron chi connectivity index (χ2n) is 7.65. The van der Waals surface area contributed by atoms with Crippen molar-refractivity contribution >= 4 is 38.2 Å². The van der Waals surface area contributed by atoms with Crippen molar-refractivity contribution < 1.29 is 13.2 Å². The number of thiazole rings is 1. The molecule has 4 aromatic rings. The highest BCUT2D eigenvalue weighted by molar-refractivity contribution is 7.89. The highest BCUT2D eigenvalue weighted by Gasteiger charge is 2.36. The van der Waals surface area contributed by atoms with E-state index in [0.29, 0.717) is 35.2 Å². The molecule has 8 nitrogen and oxygen atoms in total. The molecular weight excluding hydrogens is 446 g/mol. The van der Waals surface area contributed by atoms with E-state index in [4.69, 9.17) is 0 Å². The minimum Gasteiger partial charge on any atom is -0.358 e. The van der Waals surface area contributed by atoms with Crippen LogP contribution in [-0.4, -0.2) is 64.2 Å². The first kappa shape index (κ1) is 20.8. The normalized spacial score (nSPS) is 17.7. The summed E-state index contributed by atoms with van der Waals surface area (Å²) in [7, 11) is -3.77. The molecule has 0 radical (unpaired) electrons. The molecule has 1 atom stereocenters. The van der Waals surface area contributed by atoms with Crippen molar-refractivity contribution in [3.63, 3.8) is 0 Å². The van der Waals surface area contributed by atoms with Crippen LogP contribution in [-0.2, 0) is 10.0 Å². The largest absolute Gasteiger partial charge is 0.358 e. The van der Waals surface area contributed by atoms with Gasteiger partial charge in [-0.15, -0.1) is 11.3 Å². The molecule has 0 aliphatic carbocycles. The molecule has 0 saturated carbocycles. The van der Waals surface area contributed by atoms with Crippen LogP contribution in [0, 0.1) is 0 Å².